The predicted octanol–water partition coefficient (Wildman–Crippen LogP) is -1.09. The first kappa shape index (κ1) is 9.12. The van der Waals surface area contributed by atoms with Crippen LogP contribution >= 0.6 is 0 Å². The molecular weight excluding hydrogens is 158 g/mol. The van der Waals surface area contributed by atoms with Crippen LogP contribution < -0.4 is 4.57 Å². The molecule has 66 valence electrons. The highest BCUT2D eigenvalue weighted by atomic mass is 16.3. The van der Waals surface area contributed by atoms with Crippen molar-refractivity contribution >= 4 is 0 Å². The highest BCUT2D eigenvalue weighted by molar-refractivity contribution is 5.10. The summed E-state index contributed by atoms with van der Waals surface area (Å²) in [6, 6.07) is 3.34. The summed E-state index contributed by atoms with van der Waals surface area (Å²) in [5.41, 5.74) is 1.31. The molecular formula is C8H12NO3+. The van der Waals surface area contributed by atoms with E-state index in [4.69, 9.17) is 15.3 Å². The molecule has 1 aromatic rings. The van der Waals surface area contributed by atoms with Gasteiger partial charge < -0.3 is 15.3 Å². The van der Waals surface area contributed by atoms with Gasteiger partial charge in [0.2, 0.25) is 12.4 Å². The molecule has 0 atom stereocenters. The zero-order valence-electron chi connectivity index (χ0n) is 6.64. The molecule has 0 bridgehead atoms. The number of nitrogens with zero attached hydrogens (tertiary/aromatic N) is 1. The second-order valence-corrected chi connectivity index (χ2v) is 2.45. The number of rotatable bonds is 3. The van der Waals surface area contributed by atoms with Gasteiger partial charge in [0.25, 0.3) is 0 Å². The van der Waals surface area contributed by atoms with Gasteiger partial charge >= 0.3 is 0 Å². The summed E-state index contributed by atoms with van der Waals surface area (Å²) in [4.78, 5) is 0. The fourth-order valence-corrected chi connectivity index (χ4v) is 0.999. The van der Waals surface area contributed by atoms with Crippen molar-refractivity contribution in [3.8, 4) is 0 Å². The molecule has 1 heterocycles. The van der Waals surface area contributed by atoms with Crippen molar-refractivity contribution in [2.24, 2.45) is 0 Å². The Bertz CT molecular complexity index is 262. The number of aliphatic hydroxyl groups is 3. The third kappa shape index (κ3) is 1.79. The van der Waals surface area contributed by atoms with E-state index < -0.39 is 0 Å². The first-order chi connectivity index (χ1) is 5.81. The summed E-state index contributed by atoms with van der Waals surface area (Å²) in [6.45, 7) is -0.366. The second-order valence-electron chi connectivity index (χ2n) is 2.45. The zero-order chi connectivity index (χ0) is 8.97. The lowest BCUT2D eigenvalue weighted by Gasteiger charge is -1.99. The molecule has 1 aromatic heterocycles. The van der Waals surface area contributed by atoms with Gasteiger partial charge in [-0.2, -0.15) is 4.57 Å². The number of aliphatic hydroxyl groups excluding tert-OH is 3. The van der Waals surface area contributed by atoms with Crippen LogP contribution in [0.5, 0.6) is 0 Å². The maximum atomic E-state index is 8.86. The molecule has 0 saturated heterocycles. The minimum Gasteiger partial charge on any atom is -0.392 e. The minimum absolute atomic E-state index is 0.0563. The Balaban J connectivity index is 3.02. The number of aromatic nitrogens is 1. The smallest absolute Gasteiger partial charge is 0.250 e. The molecule has 0 radical (unpaired) electrons. The molecule has 0 aliphatic carbocycles. The van der Waals surface area contributed by atoms with Crippen LogP contribution in [0.3, 0.4) is 0 Å². The molecule has 0 aromatic carbocycles. The van der Waals surface area contributed by atoms with Crippen molar-refractivity contribution in [1.82, 2.24) is 0 Å². The standard InChI is InChI=1S/C8H12NO3/c10-4-7-1-2-9(6-12)8(3-7)5-11/h1-3,10-12H,4-6H2/q+1. The third-order valence-corrected chi connectivity index (χ3v) is 1.69. The average molecular weight is 170 g/mol. The molecule has 3 N–H and O–H groups in total. The van der Waals surface area contributed by atoms with Crippen LogP contribution in [0.4, 0.5) is 0 Å². The third-order valence-electron chi connectivity index (χ3n) is 1.69. The summed E-state index contributed by atoms with van der Waals surface area (Å²) in [5, 5.41) is 26.4. The minimum atomic E-state index is -0.165. The van der Waals surface area contributed by atoms with E-state index in [1.807, 2.05) is 0 Å². The first-order valence-electron chi connectivity index (χ1n) is 3.65. The number of hydrogen-bond acceptors (Lipinski definition) is 3. The highest BCUT2D eigenvalue weighted by Gasteiger charge is 2.08. The van der Waals surface area contributed by atoms with Crippen LogP contribution in [0.2, 0.25) is 0 Å². The molecule has 0 spiro atoms. The summed E-state index contributed by atoms with van der Waals surface area (Å²) in [6.07, 6.45) is 1.62. The monoisotopic (exact) mass is 170 g/mol. The lowest BCUT2D eigenvalue weighted by molar-refractivity contribution is -0.738. The summed E-state index contributed by atoms with van der Waals surface area (Å²) < 4.78 is 1.50. The molecule has 4 nitrogen and oxygen atoms in total. The van der Waals surface area contributed by atoms with E-state index in [1.54, 1.807) is 18.3 Å². The predicted molar refractivity (Wildman–Crippen MR) is 40.7 cm³/mol. The Hall–Kier alpha value is -0.970. The van der Waals surface area contributed by atoms with Gasteiger partial charge in [0.15, 0.2) is 6.20 Å². The van der Waals surface area contributed by atoms with Gasteiger partial charge in [-0.3, -0.25) is 0 Å². The molecule has 0 saturated carbocycles. The van der Waals surface area contributed by atoms with Gasteiger partial charge in [0.05, 0.1) is 6.61 Å². The number of hydrogen-bond donors (Lipinski definition) is 3. The van der Waals surface area contributed by atoms with Crippen molar-refractivity contribution in [3.05, 3.63) is 29.6 Å². The molecule has 0 amide bonds. The lowest BCUT2D eigenvalue weighted by atomic mass is 10.2. The lowest BCUT2D eigenvalue weighted by Crippen LogP contribution is -2.38. The van der Waals surface area contributed by atoms with Gasteiger partial charge in [-0.05, 0) is 5.56 Å². The molecule has 0 aliphatic rings. The van der Waals surface area contributed by atoms with Crippen LogP contribution in [-0.4, -0.2) is 15.3 Å². The van der Waals surface area contributed by atoms with Crippen LogP contribution in [0.25, 0.3) is 0 Å². The van der Waals surface area contributed by atoms with E-state index >= 15 is 0 Å². The Labute approximate surface area is 70.3 Å². The summed E-state index contributed by atoms with van der Waals surface area (Å²) in [7, 11) is 0. The van der Waals surface area contributed by atoms with Crippen LogP contribution in [0.1, 0.15) is 11.3 Å². The SMILES string of the molecule is OCc1cc[n+](CO)c(CO)c1. The van der Waals surface area contributed by atoms with Crippen LogP contribution in [0.15, 0.2) is 18.3 Å². The molecule has 0 fully saturated rings. The van der Waals surface area contributed by atoms with E-state index in [0.29, 0.717) is 5.69 Å². The maximum Gasteiger partial charge on any atom is 0.250 e. The van der Waals surface area contributed by atoms with E-state index in [9.17, 15) is 0 Å². The molecule has 0 aliphatic heterocycles. The molecule has 12 heavy (non-hydrogen) atoms. The highest BCUT2D eigenvalue weighted by Crippen LogP contribution is 1.99. The van der Waals surface area contributed by atoms with E-state index in [-0.39, 0.29) is 19.9 Å². The van der Waals surface area contributed by atoms with Crippen molar-refractivity contribution in [1.29, 1.82) is 0 Å². The Morgan fingerprint density at radius 1 is 1.17 bits per heavy atom. The van der Waals surface area contributed by atoms with Gasteiger partial charge in [0.1, 0.15) is 6.61 Å². The van der Waals surface area contributed by atoms with Gasteiger partial charge in [-0.15, -0.1) is 0 Å². The van der Waals surface area contributed by atoms with E-state index in [2.05, 4.69) is 0 Å². The quantitative estimate of drug-likeness (QED) is 0.505. The van der Waals surface area contributed by atoms with E-state index in [0.717, 1.165) is 5.56 Å². The second kappa shape index (κ2) is 4.15. The summed E-state index contributed by atoms with van der Waals surface area (Å²) >= 11 is 0. The largest absolute Gasteiger partial charge is 0.392 e. The first-order valence-corrected chi connectivity index (χ1v) is 3.65. The van der Waals surface area contributed by atoms with Crippen molar-refractivity contribution in [2.45, 2.75) is 19.9 Å². The Kier molecular flexibility index (Phi) is 3.16. The van der Waals surface area contributed by atoms with Crippen molar-refractivity contribution < 1.29 is 19.9 Å². The summed E-state index contributed by atoms with van der Waals surface area (Å²) in [5.74, 6) is 0. The average Bonchev–Trinajstić information content (AvgIpc) is 2.16. The Morgan fingerprint density at radius 2 is 1.92 bits per heavy atom. The van der Waals surface area contributed by atoms with Gasteiger partial charge in [-0.1, -0.05) is 0 Å². The maximum absolute atomic E-state index is 8.86. The topological polar surface area (TPSA) is 64.6 Å². The van der Waals surface area contributed by atoms with Crippen LogP contribution in [0, 0.1) is 0 Å². The normalized spacial score (nSPS) is 10.2. The van der Waals surface area contributed by atoms with Gasteiger partial charge in [-0.25, -0.2) is 0 Å². The Morgan fingerprint density at radius 3 is 2.42 bits per heavy atom. The molecule has 4 heteroatoms. The van der Waals surface area contributed by atoms with Crippen molar-refractivity contribution in [2.75, 3.05) is 0 Å². The van der Waals surface area contributed by atoms with Crippen LogP contribution in [-0.2, 0) is 19.9 Å². The molecule has 1 rings (SSSR count). The molecule has 0 unspecified atom stereocenters. The van der Waals surface area contributed by atoms with Crippen molar-refractivity contribution in [3.63, 3.8) is 0 Å². The fourth-order valence-electron chi connectivity index (χ4n) is 0.999. The zero-order valence-corrected chi connectivity index (χ0v) is 6.64. The fraction of sp³-hybridized carbons (Fsp3) is 0.375. The number of pyridine rings is 1. The van der Waals surface area contributed by atoms with Gasteiger partial charge in [0, 0.05) is 12.1 Å². The van der Waals surface area contributed by atoms with E-state index in [1.165, 1.54) is 4.57 Å².